The van der Waals surface area contributed by atoms with Crippen molar-refractivity contribution in [3.8, 4) is 0 Å². The summed E-state index contributed by atoms with van der Waals surface area (Å²) >= 11 is 0. The first-order chi connectivity index (χ1) is 8.16. The van der Waals surface area contributed by atoms with E-state index in [0.29, 0.717) is 18.3 Å². The molecule has 1 fully saturated rings. The number of nitrogens with one attached hydrogen (secondary N) is 1. The third-order valence-corrected chi connectivity index (χ3v) is 2.94. The van der Waals surface area contributed by atoms with E-state index in [1.807, 2.05) is 18.0 Å². The minimum atomic E-state index is -0.182. The summed E-state index contributed by atoms with van der Waals surface area (Å²) in [6.07, 6.45) is 2.55. The quantitative estimate of drug-likeness (QED) is 0.761. The van der Waals surface area contributed by atoms with E-state index in [0.717, 1.165) is 12.1 Å². The SMILES string of the molecule is C=C(CNC1CC1)CN(C)c1ccccc1F. The Bertz CT molecular complexity index is 399. The van der Waals surface area contributed by atoms with E-state index in [1.165, 1.54) is 18.9 Å². The largest absolute Gasteiger partial charge is 0.368 e. The van der Waals surface area contributed by atoms with Gasteiger partial charge in [-0.25, -0.2) is 4.39 Å². The lowest BCUT2D eigenvalue weighted by molar-refractivity contribution is 0.623. The van der Waals surface area contributed by atoms with Gasteiger partial charge in [0, 0.05) is 26.2 Å². The van der Waals surface area contributed by atoms with Gasteiger partial charge in [0.1, 0.15) is 5.82 Å². The first-order valence-corrected chi connectivity index (χ1v) is 6.02. The highest BCUT2D eigenvalue weighted by Gasteiger charge is 2.20. The molecule has 0 aliphatic heterocycles. The predicted octanol–water partition coefficient (Wildman–Crippen LogP) is 2.57. The normalized spacial score (nSPS) is 14.7. The Morgan fingerprint density at radius 1 is 1.47 bits per heavy atom. The minimum Gasteiger partial charge on any atom is -0.368 e. The summed E-state index contributed by atoms with van der Waals surface area (Å²) in [6, 6.07) is 7.51. The van der Waals surface area contributed by atoms with Crippen LogP contribution in [0.3, 0.4) is 0 Å². The highest BCUT2D eigenvalue weighted by Crippen LogP contribution is 2.20. The van der Waals surface area contributed by atoms with Gasteiger partial charge in [-0.05, 0) is 30.5 Å². The summed E-state index contributed by atoms with van der Waals surface area (Å²) < 4.78 is 13.5. The summed E-state index contributed by atoms with van der Waals surface area (Å²) in [6.45, 7) is 5.53. The molecule has 1 saturated carbocycles. The standard InChI is InChI=1S/C14H19FN2/c1-11(9-16-12-7-8-12)10-17(2)14-6-4-3-5-13(14)15/h3-6,12,16H,1,7-10H2,2H3. The van der Waals surface area contributed by atoms with Crippen LogP contribution in [0.2, 0.25) is 0 Å². The number of para-hydroxylation sites is 1. The molecule has 0 aromatic heterocycles. The van der Waals surface area contributed by atoms with Crippen LogP contribution in [-0.2, 0) is 0 Å². The fourth-order valence-corrected chi connectivity index (χ4v) is 1.81. The highest BCUT2D eigenvalue weighted by molar-refractivity contribution is 5.47. The van der Waals surface area contributed by atoms with E-state index in [9.17, 15) is 4.39 Å². The van der Waals surface area contributed by atoms with Crippen LogP contribution in [0.4, 0.5) is 10.1 Å². The van der Waals surface area contributed by atoms with Crippen molar-refractivity contribution in [2.75, 3.05) is 25.0 Å². The summed E-state index contributed by atoms with van der Waals surface area (Å²) in [7, 11) is 1.89. The van der Waals surface area contributed by atoms with Gasteiger partial charge >= 0.3 is 0 Å². The second-order valence-electron chi connectivity index (χ2n) is 4.71. The van der Waals surface area contributed by atoms with Crippen molar-refractivity contribution in [2.24, 2.45) is 0 Å². The molecule has 0 saturated heterocycles. The van der Waals surface area contributed by atoms with Crippen LogP contribution in [-0.4, -0.2) is 26.2 Å². The second-order valence-corrected chi connectivity index (χ2v) is 4.71. The van der Waals surface area contributed by atoms with Gasteiger partial charge in [-0.1, -0.05) is 18.7 Å². The van der Waals surface area contributed by atoms with Crippen LogP contribution in [0.5, 0.6) is 0 Å². The molecule has 1 aromatic rings. The number of rotatable bonds is 6. The molecule has 2 rings (SSSR count). The van der Waals surface area contributed by atoms with Crippen molar-refractivity contribution in [1.82, 2.24) is 5.32 Å². The zero-order chi connectivity index (χ0) is 12.3. The van der Waals surface area contributed by atoms with E-state index in [2.05, 4.69) is 11.9 Å². The lowest BCUT2D eigenvalue weighted by Gasteiger charge is -2.21. The predicted molar refractivity (Wildman–Crippen MR) is 69.8 cm³/mol. The number of hydrogen-bond donors (Lipinski definition) is 1. The number of nitrogens with zero attached hydrogens (tertiary/aromatic N) is 1. The van der Waals surface area contributed by atoms with Gasteiger partial charge in [-0.2, -0.15) is 0 Å². The Kier molecular flexibility index (Phi) is 3.79. The molecule has 0 bridgehead atoms. The Hall–Kier alpha value is -1.35. The van der Waals surface area contributed by atoms with Gasteiger partial charge in [-0.3, -0.25) is 0 Å². The van der Waals surface area contributed by atoms with Crippen molar-refractivity contribution < 1.29 is 4.39 Å². The lowest BCUT2D eigenvalue weighted by atomic mass is 10.2. The Morgan fingerprint density at radius 3 is 2.82 bits per heavy atom. The Morgan fingerprint density at radius 2 is 2.18 bits per heavy atom. The van der Waals surface area contributed by atoms with Gasteiger partial charge in [-0.15, -0.1) is 0 Å². The molecule has 3 heteroatoms. The van der Waals surface area contributed by atoms with Crippen LogP contribution >= 0.6 is 0 Å². The molecule has 2 nitrogen and oxygen atoms in total. The van der Waals surface area contributed by atoms with Crippen LogP contribution < -0.4 is 10.2 Å². The first-order valence-electron chi connectivity index (χ1n) is 6.02. The van der Waals surface area contributed by atoms with Gasteiger partial charge in [0.05, 0.1) is 5.69 Å². The van der Waals surface area contributed by atoms with Crippen molar-refractivity contribution >= 4 is 5.69 Å². The van der Waals surface area contributed by atoms with E-state index in [-0.39, 0.29) is 5.82 Å². The van der Waals surface area contributed by atoms with Gasteiger partial charge in [0.2, 0.25) is 0 Å². The van der Waals surface area contributed by atoms with Crippen molar-refractivity contribution in [3.63, 3.8) is 0 Å². The molecule has 0 spiro atoms. The van der Waals surface area contributed by atoms with E-state index in [4.69, 9.17) is 0 Å². The monoisotopic (exact) mass is 234 g/mol. The fraction of sp³-hybridized carbons (Fsp3) is 0.429. The molecule has 1 aliphatic carbocycles. The van der Waals surface area contributed by atoms with Crippen molar-refractivity contribution in [2.45, 2.75) is 18.9 Å². The fourth-order valence-electron chi connectivity index (χ4n) is 1.81. The molecular weight excluding hydrogens is 215 g/mol. The summed E-state index contributed by atoms with van der Waals surface area (Å²) in [5, 5.41) is 3.41. The van der Waals surface area contributed by atoms with Crippen LogP contribution in [0.15, 0.2) is 36.4 Å². The van der Waals surface area contributed by atoms with Crippen molar-refractivity contribution in [1.29, 1.82) is 0 Å². The Labute approximate surface area is 102 Å². The van der Waals surface area contributed by atoms with Crippen LogP contribution in [0.1, 0.15) is 12.8 Å². The molecular formula is C14H19FN2. The average molecular weight is 234 g/mol. The number of hydrogen-bond acceptors (Lipinski definition) is 2. The Balaban J connectivity index is 1.85. The third kappa shape index (κ3) is 3.56. The number of benzene rings is 1. The lowest BCUT2D eigenvalue weighted by Crippen LogP contribution is -2.27. The van der Waals surface area contributed by atoms with E-state index >= 15 is 0 Å². The van der Waals surface area contributed by atoms with E-state index < -0.39 is 0 Å². The summed E-state index contributed by atoms with van der Waals surface area (Å²) in [4.78, 5) is 1.90. The maximum Gasteiger partial charge on any atom is 0.146 e. The second kappa shape index (κ2) is 5.32. The number of likely N-dealkylation sites (N-methyl/N-ethyl adjacent to an activating group) is 1. The number of anilines is 1. The molecule has 1 aromatic carbocycles. The molecule has 92 valence electrons. The van der Waals surface area contributed by atoms with Gasteiger partial charge in [0.15, 0.2) is 0 Å². The average Bonchev–Trinajstić information content (AvgIpc) is 3.10. The maximum absolute atomic E-state index is 13.5. The van der Waals surface area contributed by atoms with Crippen LogP contribution in [0.25, 0.3) is 0 Å². The van der Waals surface area contributed by atoms with E-state index in [1.54, 1.807) is 12.1 Å². The molecule has 1 N–H and O–H groups in total. The molecule has 0 radical (unpaired) electrons. The smallest absolute Gasteiger partial charge is 0.146 e. The van der Waals surface area contributed by atoms with Crippen LogP contribution in [0, 0.1) is 5.82 Å². The molecule has 1 aliphatic rings. The van der Waals surface area contributed by atoms with Gasteiger partial charge in [0.25, 0.3) is 0 Å². The molecule has 0 atom stereocenters. The molecule has 0 heterocycles. The third-order valence-electron chi connectivity index (χ3n) is 2.94. The number of halogens is 1. The van der Waals surface area contributed by atoms with Gasteiger partial charge < -0.3 is 10.2 Å². The topological polar surface area (TPSA) is 15.3 Å². The maximum atomic E-state index is 13.5. The highest BCUT2D eigenvalue weighted by atomic mass is 19.1. The van der Waals surface area contributed by atoms with Crippen molar-refractivity contribution in [3.05, 3.63) is 42.2 Å². The molecule has 0 unspecified atom stereocenters. The minimum absolute atomic E-state index is 0.182. The zero-order valence-corrected chi connectivity index (χ0v) is 10.2. The molecule has 0 amide bonds. The molecule has 17 heavy (non-hydrogen) atoms. The summed E-state index contributed by atoms with van der Waals surface area (Å²) in [5.41, 5.74) is 1.71. The zero-order valence-electron chi connectivity index (χ0n) is 10.2. The first kappa shape index (κ1) is 12.1. The summed E-state index contributed by atoms with van der Waals surface area (Å²) in [5.74, 6) is -0.182.